The summed E-state index contributed by atoms with van der Waals surface area (Å²) in [6.45, 7) is 3.71. The van der Waals surface area contributed by atoms with Crippen LogP contribution in [0.15, 0.2) is 24.3 Å². The summed E-state index contributed by atoms with van der Waals surface area (Å²) in [5, 5.41) is 6.02. The van der Waals surface area contributed by atoms with Crippen LogP contribution in [0.25, 0.3) is 0 Å². The van der Waals surface area contributed by atoms with Gasteiger partial charge in [0.05, 0.1) is 0 Å². The number of amides is 1. The molecular formula is C12H17IN2O. The van der Waals surface area contributed by atoms with Crippen molar-refractivity contribution in [2.45, 2.75) is 6.92 Å². The second-order valence-electron chi connectivity index (χ2n) is 3.88. The number of carbonyl (C=O) groups excluding carboxylic acids is 1. The predicted octanol–water partition coefficient (Wildman–Crippen LogP) is 1.88. The Hall–Kier alpha value is -0.620. The van der Waals surface area contributed by atoms with Crippen molar-refractivity contribution in [3.05, 3.63) is 33.4 Å². The van der Waals surface area contributed by atoms with Crippen LogP contribution >= 0.6 is 22.6 Å². The molecule has 1 aromatic carbocycles. The Balaban J connectivity index is 2.47. The summed E-state index contributed by atoms with van der Waals surface area (Å²) in [4.78, 5) is 11.8. The minimum Gasteiger partial charge on any atom is -0.352 e. The van der Waals surface area contributed by atoms with Crippen molar-refractivity contribution < 1.29 is 4.79 Å². The fourth-order valence-electron chi connectivity index (χ4n) is 1.42. The molecule has 88 valence electrons. The Morgan fingerprint density at radius 1 is 1.44 bits per heavy atom. The smallest absolute Gasteiger partial charge is 0.251 e. The molecule has 1 rings (SSSR count). The summed E-state index contributed by atoms with van der Waals surface area (Å²) in [6.07, 6.45) is 0. The van der Waals surface area contributed by atoms with E-state index in [1.54, 1.807) is 0 Å². The molecule has 0 aromatic heterocycles. The standard InChI is InChI=1S/C12H17IN2O/c1-9(7-14-2)8-15-12(16)10-4-3-5-11(13)6-10/h3-6,9,14H,7-8H2,1-2H3,(H,15,16). The highest BCUT2D eigenvalue weighted by atomic mass is 127. The third-order valence-electron chi connectivity index (χ3n) is 2.25. The summed E-state index contributed by atoms with van der Waals surface area (Å²) >= 11 is 2.20. The highest BCUT2D eigenvalue weighted by Gasteiger charge is 2.07. The second kappa shape index (κ2) is 6.85. The number of nitrogens with one attached hydrogen (secondary N) is 2. The van der Waals surface area contributed by atoms with Gasteiger partial charge in [-0.3, -0.25) is 4.79 Å². The zero-order chi connectivity index (χ0) is 12.0. The first-order chi connectivity index (χ1) is 7.63. The Bertz CT molecular complexity index is 355. The van der Waals surface area contributed by atoms with E-state index in [0.717, 1.165) is 15.7 Å². The van der Waals surface area contributed by atoms with E-state index in [9.17, 15) is 4.79 Å². The lowest BCUT2D eigenvalue weighted by Crippen LogP contribution is -2.32. The molecule has 16 heavy (non-hydrogen) atoms. The van der Waals surface area contributed by atoms with Crippen molar-refractivity contribution >= 4 is 28.5 Å². The second-order valence-corrected chi connectivity index (χ2v) is 5.13. The quantitative estimate of drug-likeness (QED) is 0.809. The van der Waals surface area contributed by atoms with E-state index >= 15 is 0 Å². The van der Waals surface area contributed by atoms with Crippen molar-refractivity contribution in [2.24, 2.45) is 5.92 Å². The van der Waals surface area contributed by atoms with Gasteiger partial charge in [0.15, 0.2) is 0 Å². The Kier molecular flexibility index (Phi) is 5.76. The number of hydrogen-bond acceptors (Lipinski definition) is 2. The topological polar surface area (TPSA) is 41.1 Å². The third-order valence-corrected chi connectivity index (χ3v) is 2.92. The van der Waals surface area contributed by atoms with Crippen LogP contribution in [0.1, 0.15) is 17.3 Å². The summed E-state index contributed by atoms with van der Waals surface area (Å²) in [6, 6.07) is 7.59. The Labute approximate surface area is 110 Å². The van der Waals surface area contributed by atoms with Gasteiger partial charge >= 0.3 is 0 Å². The van der Waals surface area contributed by atoms with Gasteiger partial charge in [-0.25, -0.2) is 0 Å². The van der Waals surface area contributed by atoms with Gasteiger partial charge in [0.1, 0.15) is 0 Å². The van der Waals surface area contributed by atoms with Crippen molar-refractivity contribution in [1.82, 2.24) is 10.6 Å². The van der Waals surface area contributed by atoms with E-state index in [1.807, 2.05) is 31.3 Å². The average molecular weight is 332 g/mol. The maximum Gasteiger partial charge on any atom is 0.251 e. The molecule has 1 atom stereocenters. The van der Waals surface area contributed by atoms with Crippen molar-refractivity contribution in [1.29, 1.82) is 0 Å². The zero-order valence-corrected chi connectivity index (χ0v) is 11.7. The summed E-state index contributed by atoms with van der Waals surface area (Å²) < 4.78 is 1.08. The first-order valence-corrected chi connectivity index (χ1v) is 6.39. The van der Waals surface area contributed by atoms with Gasteiger partial charge in [0, 0.05) is 15.7 Å². The highest BCUT2D eigenvalue weighted by molar-refractivity contribution is 14.1. The molecular weight excluding hydrogens is 315 g/mol. The van der Waals surface area contributed by atoms with E-state index in [-0.39, 0.29) is 5.91 Å². The third kappa shape index (κ3) is 4.49. The fraction of sp³-hybridized carbons (Fsp3) is 0.417. The molecule has 0 fully saturated rings. The van der Waals surface area contributed by atoms with Gasteiger partial charge in [-0.2, -0.15) is 0 Å². The largest absolute Gasteiger partial charge is 0.352 e. The van der Waals surface area contributed by atoms with Crippen LogP contribution in [0, 0.1) is 9.49 Å². The predicted molar refractivity (Wildman–Crippen MR) is 74.6 cm³/mol. The molecule has 0 heterocycles. The molecule has 1 unspecified atom stereocenters. The van der Waals surface area contributed by atoms with Crippen LogP contribution < -0.4 is 10.6 Å². The van der Waals surface area contributed by atoms with E-state index in [4.69, 9.17) is 0 Å². The van der Waals surface area contributed by atoms with Crippen molar-refractivity contribution in [3.63, 3.8) is 0 Å². The average Bonchev–Trinajstić information content (AvgIpc) is 2.26. The number of carbonyl (C=O) groups is 1. The summed E-state index contributed by atoms with van der Waals surface area (Å²) in [7, 11) is 1.91. The lowest BCUT2D eigenvalue weighted by molar-refractivity contribution is 0.0948. The Morgan fingerprint density at radius 2 is 2.19 bits per heavy atom. The molecule has 1 amide bonds. The maximum absolute atomic E-state index is 11.8. The molecule has 0 spiro atoms. The molecule has 0 saturated carbocycles. The van der Waals surface area contributed by atoms with Gasteiger partial charge in [-0.05, 0) is 60.3 Å². The summed E-state index contributed by atoms with van der Waals surface area (Å²) in [5.41, 5.74) is 0.726. The Morgan fingerprint density at radius 3 is 2.81 bits per heavy atom. The first-order valence-electron chi connectivity index (χ1n) is 5.32. The molecule has 0 aliphatic rings. The molecule has 0 radical (unpaired) electrons. The van der Waals surface area contributed by atoms with E-state index in [2.05, 4.69) is 40.1 Å². The molecule has 0 aliphatic carbocycles. The minimum atomic E-state index is 0.00136. The summed E-state index contributed by atoms with van der Waals surface area (Å²) in [5.74, 6) is 0.443. The normalized spacial score (nSPS) is 12.2. The van der Waals surface area contributed by atoms with Gasteiger partial charge in [-0.1, -0.05) is 13.0 Å². The van der Waals surface area contributed by atoms with E-state index < -0.39 is 0 Å². The number of rotatable bonds is 5. The number of hydrogen-bond donors (Lipinski definition) is 2. The molecule has 0 bridgehead atoms. The lowest BCUT2D eigenvalue weighted by Gasteiger charge is -2.11. The van der Waals surface area contributed by atoms with Crippen LogP contribution in [0.5, 0.6) is 0 Å². The van der Waals surface area contributed by atoms with Crippen LogP contribution in [0.4, 0.5) is 0 Å². The number of benzene rings is 1. The molecule has 0 aliphatic heterocycles. The molecule has 4 heteroatoms. The lowest BCUT2D eigenvalue weighted by atomic mass is 10.1. The number of halogens is 1. The van der Waals surface area contributed by atoms with Crippen LogP contribution in [0.3, 0.4) is 0 Å². The van der Waals surface area contributed by atoms with Gasteiger partial charge in [0.25, 0.3) is 5.91 Å². The zero-order valence-electron chi connectivity index (χ0n) is 9.59. The molecule has 2 N–H and O–H groups in total. The minimum absolute atomic E-state index is 0.00136. The fourth-order valence-corrected chi connectivity index (χ4v) is 1.96. The first kappa shape index (κ1) is 13.4. The molecule has 1 aromatic rings. The van der Waals surface area contributed by atoms with Gasteiger partial charge in [0.2, 0.25) is 0 Å². The van der Waals surface area contributed by atoms with Crippen LogP contribution in [-0.2, 0) is 0 Å². The molecule has 0 saturated heterocycles. The van der Waals surface area contributed by atoms with Crippen LogP contribution in [0.2, 0.25) is 0 Å². The monoisotopic (exact) mass is 332 g/mol. The van der Waals surface area contributed by atoms with Crippen molar-refractivity contribution in [3.8, 4) is 0 Å². The van der Waals surface area contributed by atoms with E-state index in [0.29, 0.717) is 12.5 Å². The van der Waals surface area contributed by atoms with Gasteiger partial charge < -0.3 is 10.6 Å². The van der Waals surface area contributed by atoms with Crippen LogP contribution in [-0.4, -0.2) is 26.0 Å². The SMILES string of the molecule is CNCC(C)CNC(=O)c1cccc(I)c1. The molecule has 3 nitrogen and oxygen atoms in total. The van der Waals surface area contributed by atoms with E-state index in [1.165, 1.54) is 0 Å². The van der Waals surface area contributed by atoms with Crippen molar-refractivity contribution in [2.75, 3.05) is 20.1 Å². The van der Waals surface area contributed by atoms with Gasteiger partial charge in [-0.15, -0.1) is 0 Å². The highest BCUT2D eigenvalue weighted by Crippen LogP contribution is 2.07. The maximum atomic E-state index is 11.8.